The lowest BCUT2D eigenvalue weighted by molar-refractivity contribution is -0.137. The van der Waals surface area contributed by atoms with Gasteiger partial charge in [0.1, 0.15) is 5.75 Å². The highest BCUT2D eigenvalue weighted by atomic mass is 19.4. The standard InChI is InChI=1S/C16H15F3O/c1-2-10-20-15-8-6-12(7-9-15)13-4-3-5-14(11-13)16(17,18)19/h3-9,11H,2,10H2,1H3. The van der Waals surface area contributed by atoms with E-state index in [0.29, 0.717) is 12.2 Å². The van der Waals surface area contributed by atoms with E-state index in [1.807, 2.05) is 6.92 Å². The first-order chi connectivity index (χ1) is 9.50. The van der Waals surface area contributed by atoms with Gasteiger partial charge in [-0.2, -0.15) is 13.2 Å². The van der Waals surface area contributed by atoms with Crippen molar-refractivity contribution in [3.63, 3.8) is 0 Å². The lowest BCUT2D eigenvalue weighted by Crippen LogP contribution is -2.04. The maximum Gasteiger partial charge on any atom is 0.416 e. The van der Waals surface area contributed by atoms with Gasteiger partial charge in [0.05, 0.1) is 12.2 Å². The Morgan fingerprint density at radius 3 is 2.25 bits per heavy atom. The lowest BCUT2D eigenvalue weighted by Gasteiger charge is -2.09. The van der Waals surface area contributed by atoms with Crippen molar-refractivity contribution in [2.24, 2.45) is 0 Å². The first kappa shape index (κ1) is 14.4. The molecule has 0 aromatic heterocycles. The highest BCUT2D eigenvalue weighted by molar-refractivity contribution is 5.65. The topological polar surface area (TPSA) is 9.23 Å². The number of ether oxygens (including phenoxy) is 1. The van der Waals surface area contributed by atoms with Gasteiger partial charge in [-0.15, -0.1) is 0 Å². The third-order valence-corrected chi connectivity index (χ3v) is 2.85. The smallest absolute Gasteiger partial charge is 0.416 e. The lowest BCUT2D eigenvalue weighted by atomic mass is 10.0. The Kier molecular flexibility index (Phi) is 4.32. The van der Waals surface area contributed by atoms with Crippen LogP contribution in [0.3, 0.4) is 0 Å². The van der Waals surface area contributed by atoms with E-state index in [1.54, 1.807) is 30.3 Å². The molecule has 4 heteroatoms. The molecule has 0 radical (unpaired) electrons. The number of alkyl halides is 3. The van der Waals surface area contributed by atoms with Gasteiger partial charge in [0.2, 0.25) is 0 Å². The molecule has 0 N–H and O–H groups in total. The SMILES string of the molecule is CCCOc1ccc(-c2cccc(C(F)(F)F)c2)cc1. The summed E-state index contributed by atoms with van der Waals surface area (Å²) < 4.78 is 43.4. The molecule has 0 saturated carbocycles. The van der Waals surface area contributed by atoms with E-state index < -0.39 is 11.7 Å². The summed E-state index contributed by atoms with van der Waals surface area (Å²) in [7, 11) is 0. The van der Waals surface area contributed by atoms with Gasteiger partial charge < -0.3 is 4.74 Å². The summed E-state index contributed by atoms with van der Waals surface area (Å²) >= 11 is 0. The summed E-state index contributed by atoms with van der Waals surface area (Å²) in [5.74, 6) is 0.725. The quantitative estimate of drug-likeness (QED) is 0.751. The maximum absolute atomic E-state index is 12.7. The van der Waals surface area contributed by atoms with Crippen LogP contribution in [0.1, 0.15) is 18.9 Å². The van der Waals surface area contributed by atoms with Crippen LogP contribution in [-0.2, 0) is 6.18 Å². The van der Waals surface area contributed by atoms with Crippen LogP contribution in [-0.4, -0.2) is 6.61 Å². The molecule has 0 spiro atoms. The fourth-order valence-electron chi connectivity index (χ4n) is 1.84. The molecule has 20 heavy (non-hydrogen) atoms. The van der Waals surface area contributed by atoms with E-state index >= 15 is 0 Å². The zero-order valence-corrected chi connectivity index (χ0v) is 11.1. The van der Waals surface area contributed by atoms with Crippen LogP contribution in [0.4, 0.5) is 13.2 Å². The Labute approximate surface area is 116 Å². The van der Waals surface area contributed by atoms with Crippen molar-refractivity contribution in [2.75, 3.05) is 6.61 Å². The molecule has 0 aliphatic carbocycles. The highest BCUT2D eigenvalue weighted by Crippen LogP contribution is 2.32. The van der Waals surface area contributed by atoms with Gasteiger partial charge in [0, 0.05) is 0 Å². The monoisotopic (exact) mass is 280 g/mol. The summed E-state index contributed by atoms with van der Waals surface area (Å²) in [4.78, 5) is 0. The van der Waals surface area contributed by atoms with Gasteiger partial charge in [0.25, 0.3) is 0 Å². The third kappa shape index (κ3) is 3.53. The first-order valence-corrected chi connectivity index (χ1v) is 6.41. The maximum atomic E-state index is 12.7. The van der Waals surface area contributed by atoms with Crippen molar-refractivity contribution in [2.45, 2.75) is 19.5 Å². The second-order valence-electron chi connectivity index (χ2n) is 4.45. The van der Waals surface area contributed by atoms with Gasteiger partial charge in [0.15, 0.2) is 0 Å². The summed E-state index contributed by atoms with van der Waals surface area (Å²) in [6.45, 7) is 2.64. The van der Waals surface area contributed by atoms with Crippen LogP contribution in [0.25, 0.3) is 11.1 Å². The van der Waals surface area contributed by atoms with Crippen molar-refractivity contribution >= 4 is 0 Å². The van der Waals surface area contributed by atoms with Crippen LogP contribution in [0.15, 0.2) is 48.5 Å². The van der Waals surface area contributed by atoms with Gasteiger partial charge in [-0.3, -0.25) is 0 Å². The molecule has 0 fully saturated rings. The molecular weight excluding hydrogens is 265 g/mol. The third-order valence-electron chi connectivity index (χ3n) is 2.85. The van der Waals surface area contributed by atoms with E-state index in [1.165, 1.54) is 6.07 Å². The van der Waals surface area contributed by atoms with Crippen LogP contribution in [0.2, 0.25) is 0 Å². The largest absolute Gasteiger partial charge is 0.494 e. The Morgan fingerprint density at radius 1 is 0.950 bits per heavy atom. The molecule has 2 rings (SSSR count). The number of hydrogen-bond donors (Lipinski definition) is 0. The molecular formula is C16H15F3O. The number of hydrogen-bond acceptors (Lipinski definition) is 1. The number of rotatable bonds is 4. The molecule has 106 valence electrons. The zero-order chi connectivity index (χ0) is 14.6. The number of halogens is 3. The Bertz CT molecular complexity index is 559. The molecule has 0 amide bonds. The van der Waals surface area contributed by atoms with Crippen LogP contribution in [0.5, 0.6) is 5.75 Å². The predicted molar refractivity (Wildman–Crippen MR) is 72.7 cm³/mol. The van der Waals surface area contributed by atoms with E-state index in [2.05, 4.69) is 0 Å². The van der Waals surface area contributed by atoms with Crippen LogP contribution in [0, 0.1) is 0 Å². The second kappa shape index (κ2) is 5.99. The second-order valence-corrected chi connectivity index (χ2v) is 4.45. The minimum atomic E-state index is -4.32. The highest BCUT2D eigenvalue weighted by Gasteiger charge is 2.30. The zero-order valence-electron chi connectivity index (χ0n) is 11.1. The van der Waals surface area contributed by atoms with E-state index in [9.17, 15) is 13.2 Å². The van der Waals surface area contributed by atoms with E-state index in [-0.39, 0.29) is 0 Å². The molecule has 2 aromatic carbocycles. The number of benzene rings is 2. The molecule has 1 nitrogen and oxygen atoms in total. The average Bonchev–Trinajstić information content (AvgIpc) is 2.45. The van der Waals surface area contributed by atoms with Gasteiger partial charge in [-0.05, 0) is 41.8 Å². The summed E-state index contributed by atoms with van der Waals surface area (Å²) in [6.07, 6.45) is -3.41. The Hall–Kier alpha value is -1.97. The first-order valence-electron chi connectivity index (χ1n) is 6.41. The summed E-state index contributed by atoms with van der Waals surface area (Å²) in [5, 5.41) is 0. The molecule has 0 bridgehead atoms. The fourth-order valence-corrected chi connectivity index (χ4v) is 1.84. The Morgan fingerprint density at radius 2 is 1.65 bits per heavy atom. The molecule has 0 unspecified atom stereocenters. The van der Waals surface area contributed by atoms with Crippen molar-refractivity contribution in [3.8, 4) is 16.9 Å². The molecule has 0 heterocycles. The Balaban J connectivity index is 2.23. The normalized spacial score (nSPS) is 11.4. The van der Waals surface area contributed by atoms with Crippen molar-refractivity contribution in [1.29, 1.82) is 0 Å². The van der Waals surface area contributed by atoms with Crippen LogP contribution < -0.4 is 4.74 Å². The van der Waals surface area contributed by atoms with Crippen molar-refractivity contribution < 1.29 is 17.9 Å². The van der Waals surface area contributed by atoms with Crippen molar-refractivity contribution in [1.82, 2.24) is 0 Å². The van der Waals surface area contributed by atoms with Gasteiger partial charge in [-0.1, -0.05) is 31.2 Å². The molecule has 0 aliphatic heterocycles. The molecule has 0 saturated heterocycles. The van der Waals surface area contributed by atoms with Gasteiger partial charge >= 0.3 is 6.18 Å². The predicted octanol–water partition coefficient (Wildman–Crippen LogP) is 5.16. The summed E-state index contributed by atoms with van der Waals surface area (Å²) in [6, 6.07) is 12.4. The van der Waals surface area contributed by atoms with Gasteiger partial charge in [-0.25, -0.2) is 0 Å². The van der Waals surface area contributed by atoms with E-state index in [0.717, 1.165) is 29.9 Å². The minimum Gasteiger partial charge on any atom is -0.494 e. The van der Waals surface area contributed by atoms with Crippen LogP contribution >= 0.6 is 0 Å². The summed E-state index contributed by atoms with van der Waals surface area (Å²) in [5.41, 5.74) is 0.642. The van der Waals surface area contributed by atoms with Crippen molar-refractivity contribution in [3.05, 3.63) is 54.1 Å². The molecule has 0 atom stereocenters. The fraction of sp³-hybridized carbons (Fsp3) is 0.250. The average molecular weight is 280 g/mol. The van der Waals surface area contributed by atoms with E-state index in [4.69, 9.17) is 4.74 Å². The minimum absolute atomic E-state index is 0.543. The molecule has 2 aromatic rings. The molecule has 0 aliphatic rings.